The Hall–Kier alpha value is -1.85. The zero-order valence-electron chi connectivity index (χ0n) is 9.33. The van der Waals surface area contributed by atoms with E-state index in [1.807, 2.05) is 25.2 Å². The minimum atomic E-state index is 0.861. The van der Waals surface area contributed by atoms with Crippen LogP contribution in [0.2, 0.25) is 0 Å². The fraction of sp³-hybridized carbons (Fsp3) is 0.214. The standard InChI is InChI=1S/C14H14N2/c1-15-10-3-2-6-12-7-4-8-13-9-5-11-16-14(12)13/h4-5,7-9,11,15H,3,10H2,1H3. The molecule has 1 aromatic heterocycles. The fourth-order valence-electron chi connectivity index (χ4n) is 1.55. The Bertz CT molecular complexity index is 530. The van der Waals surface area contributed by atoms with Crippen molar-refractivity contribution >= 4 is 10.9 Å². The van der Waals surface area contributed by atoms with E-state index < -0.39 is 0 Å². The molecule has 0 amide bonds. The maximum Gasteiger partial charge on any atom is 0.0858 e. The molecule has 0 spiro atoms. The highest BCUT2D eigenvalue weighted by Gasteiger charge is 1.97. The third kappa shape index (κ3) is 2.39. The molecule has 0 saturated heterocycles. The van der Waals surface area contributed by atoms with Crippen LogP contribution in [-0.4, -0.2) is 18.6 Å². The highest BCUT2D eigenvalue weighted by molar-refractivity contribution is 5.84. The van der Waals surface area contributed by atoms with Crippen LogP contribution in [0.4, 0.5) is 0 Å². The van der Waals surface area contributed by atoms with Crippen LogP contribution in [0.1, 0.15) is 12.0 Å². The second kappa shape index (κ2) is 5.29. The molecule has 0 aliphatic carbocycles. The van der Waals surface area contributed by atoms with Gasteiger partial charge in [0.15, 0.2) is 0 Å². The monoisotopic (exact) mass is 210 g/mol. The average Bonchev–Trinajstić information content (AvgIpc) is 2.35. The van der Waals surface area contributed by atoms with Crippen LogP contribution < -0.4 is 5.32 Å². The van der Waals surface area contributed by atoms with E-state index in [0.717, 1.165) is 29.4 Å². The number of fused-ring (bicyclic) bond motifs is 1. The van der Waals surface area contributed by atoms with Crippen molar-refractivity contribution in [3.8, 4) is 11.8 Å². The Morgan fingerprint density at radius 1 is 1.25 bits per heavy atom. The molecule has 0 aliphatic rings. The summed E-state index contributed by atoms with van der Waals surface area (Å²) >= 11 is 0. The summed E-state index contributed by atoms with van der Waals surface area (Å²) in [7, 11) is 1.93. The lowest BCUT2D eigenvalue weighted by Gasteiger charge is -1.98. The maximum atomic E-state index is 4.36. The summed E-state index contributed by atoms with van der Waals surface area (Å²) in [6.45, 7) is 0.922. The topological polar surface area (TPSA) is 24.9 Å². The van der Waals surface area contributed by atoms with E-state index in [9.17, 15) is 0 Å². The van der Waals surface area contributed by atoms with Crippen LogP contribution in [0.25, 0.3) is 10.9 Å². The largest absolute Gasteiger partial charge is 0.319 e. The van der Waals surface area contributed by atoms with Crippen LogP contribution in [0.3, 0.4) is 0 Å². The molecular formula is C14H14N2. The Labute approximate surface area is 95.7 Å². The van der Waals surface area contributed by atoms with Gasteiger partial charge in [0.25, 0.3) is 0 Å². The highest BCUT2D eigenvalue weighted by atomic mass is 14.8. The molecule has 0 bridgehead atoms. The molecule has 0 unspecified atom stereocenters. The third-order valence-electron chi connectivity index (χ3n) is 2.36. The minimum Gasteiger partial charge on any atom is -0.319 e. The first-order valence-electron chi connectivity index (χ1n) is 5.39. The van der Waals surface area contributed by atoms with Crippen molar-refractivity contribution in [2.45, 2.75) is 6.42 Å². The minimum absolute atomic E-state index is 0.861. The first-order chi connectivity index (χ1) is 7.92. The summed E-state index contributed by atoms with van der Waals surface area (Å²) in [5.41, 5.74) is 2.00. The van der Waals surface area contributed by atoms with Gasteiger partial charge in [0.1, 0.15) is 0 Å². The van der Waals surface area contributed by atoms with Gasteiger partial charge in [-0.1, -0.05) is 30.0 Å². The second-order valence-electron chi connectivity index (χ2n) is 3.54. The number of hydrogen-bond donors (Lipinski definition) is 1. The van der Waals surface area contributed by atoms with Gasteiger partial charge in [-0.15, -0.1) is 0 Å². The van der Waals surface area contributed by atoms with Crippen molar-refractivity contribution in [1.29, 1.82) is 0 Å². The molecule has 1 aromatic carbocycles. The zero-order chi connectivity index (χ0) is 11.2. The van der Waals surface area contributed by atoms with Crippen molar-refractivity contribution in [2.24, 2.45) is 0 Å². The molecule has 16 heavy (non-hydrogen) atoms. The first-order valence-corrected chi connectivity index (χ1v) is 5.39. The summed E-state index contributed by atoms with van der Waals surface area (Å²) in [5, 5.41) is 4.21. The van der Waals surface area contributed by atoms with E-state index in [0.29, 0.717) is 0 Å². The lowest BCUT2D eigenvalue weighted by molar-refractivity contribution is 0.818. The number of pyridine rings is 1. The summed E-state index contributed by atoms with van der Waals surface area (Å²) in [5.74, 6) is 6.31. The quantitative estimate of drug-likeness (QED) is 0.607. The van der Waals surface area contributed by atoms with Crippen LogP contribution in [0.5, 0.6) is 0 Å². The molecule has 2 aromatic rings. The first kappa shape index (κ1) is 10.7. The molecule has 2 rings (SSSR count). The van der Waals surface area contributed by atoms with Crippen molar-refractivity contribution in [2.75, 3.05) is 13.6 Å². The molecule has 0 atom stereocenters. The molecule has 0 saturated carbocycles. The summed E-state index contributed by atoms with van der Waals surface area (Å²) in [6, 6.07) is 10.1. The Morgan fingerprint density at radius 3 is 3.00 bits per heavy atom. The number of rotatable bonds is 2. The van der Waals surface area contributed by atoms with E-state index in [2.05, 4.69) is 34.3 Å². The molecule has 2 heteroatoms. The van der Waals surface area contributed by atoms with Gasteiger partial charge < -0.3 is 5.32 Å². The normalized spacial score (nSPS) is 9.81. The number of aromatic nitrogens is 1. The van der Waals surface area contributed by atoms with Gasteiger partial charge in [-0.3, -0.25) is 4.98 Å². The molecule has 0 fully saturated rings. The van der Waals surface area contributed by atoms with Gasteiger partial charge in [-0.2, -0.15) is 0 Å². The van der Waals surface area contributed by atoms with Crippen LogP contribution in [0.15, 0.2) is 36.5 Å². The van der Waals surface area contributed by atoms with Crippen molar-refractivity contribution in [1.82, 2.24) is 10.3 Å². The number of benzene rings is 1. The zero-order valence-corrected chi connectivity index (χ0v) is 9.33. The predicted octanol–water partition coefficient (Wildman–Crippen LogP) is 2.20. The van der Waals surface area contributed by atoms with Gasteiger partial charge in [0.2, 0.25) is 0 Å². The Balaban J connectivity index is 2.32. The molecule has 0 aliphatic heterocycles. The van der Waals surface area contributed by atoms with Crippen LogP contribution >= 0.6 is 0 Å². The summed E-state index contributed by atoms with van der Waals surface area (Å²) in [6.07, 6.45) is 2.67. The summed E-state index contributed by atoms with van der Waals surface area (Å²) < 4.78 is 0. The molecule has 0 radical (unpaired) electrons. The van der Waals surface area contributed by atoms with Gasteiger partial charge in [0.05, 0.1) is 11.1 Å². The van der Waals surface area contributed by atoms with Crippen molar-refractivity contribution in [3.05, 3.63) is 42.1 Å². The van der Waals surface area contributed by atoms with Crippen molar-refractivity contribution in [3.63, 3.8) is 0 Å². The Morgan fingerprint density at radius 2 is 2.12 bits per heavy atom. The lowest BCUT2D eigenvalue weighted by atomic mass is 10.1. The van der Waals surface area contributed by atoms with E-state index in [1.165, 1.54) is 0 Å². The van der Waals surface area contributed by atoms with Crippen molar-refractivity contribution < 1.29 is 0 Å². The predicted molar refractivity (Wildman–Crippen MR) is 67.2 cm³/mol. The van der Waals surface area contributed by atoms with E-state index in [4.69, 9.17) is 0 Å². The SMILES string of the molecule is CNCCC#Cc1cccc2cccnc12. The molecule has 1 N–H and O–H groups in total. The molecular weight excluding hydrogens is 196 g/mol. The molecule has 2 nitrogen and oxygen atoms in total. The lowest BCUT2D eigenvalue weighted by Crippen LogP contribution is -2.05. The number of para-hydroxylation sites is 1. The highest BCUT2D eigenvalue weighted by Crippen LogP contribution is 2.14. The van der Waals surface area contributed by atoms with Gasteiger partial charge in [-0.25, -0.2) is 0 Å². The van der Waals surface area contributed by atoms with Crippen LogP contribution in [-0.2, 0) is 0 Å². The third-order valence-corrected chi connectivity index (χ3v) is 2.36. The molecule has 80 valence electrons. The van der Waals surface area contributed by atoms with E-state index >= 15 is 0 Å². The van der Waals surface area contributed by atoms with E-state index in [1.54, 1.807) is 6.20 Å². The number of hydrogen-bond acceptors (Lipinski definition) is 2. The number of nitrogens with one attached hydrogen (secondary N) is 1. The number of nitrogens with zero attached hydrogens (tertiary/aromatic N) is 1. The van der Waals surface area contributed by atoms with Crippen LogP contribution in [0, 0.1) is 11.8 Å². The average molecular weight is 210 g/mol. The smallest absolute Gasteiger partial charge is 0.0858 e. The summed E-state index contributed by atoms with van der Waals surface area (Å²) in [4.78, 5) is 4.36. The second-order valence-corrected chi connectivity index (χ2v) is 3.54. The van der Waals surface area contributed by atoms with Gasteiger partial charge in [-0.05, 0) is 19.2 Å². The molecule has 1 heterocycles. The Kier molecular flexibility index (Phi) is 3.53. The van der Waals surface area contributed by atoms with Gasteiger partial charge >= 0.3 is 0 Å². The van der Waals surface area contributed by atoms with E-state index in [-0.39, 0.29) is 0 Å². The fourth-order valence-corrected chi connectivity index (χ4v) is 1.55. The van der Waals surface area contributed by atoms with Gasteiger partial charge in [0, 0.05) is 24.5 Å². The maximum absolute atomic E-state index is 4.36.